The summed E-state index contributed by atoms with van der Waals surface area (Å²) in [5.74, 6) is -0.409. The number of nitrogens with zero attached hydrogens (tertiary/aromatic N) is 2. The Morgan fingerprint density at radius 1 is 1.15 bits per heavy atom. The van der Waals surface area contributed by atoms with E-state index in [9.17, 15) is 14.9 Å². The van der Waals surface area contributed by atoms with Gasteiger partial charge in [0.15, 0.2) is 0 Å². The molecule has 1 atom stereocenters. The summed E-state index contributed by atoms with van der Waals surface area (Å²) < 4.78 is 0. The predicted octanol–water partition coefficient (Wildman–Crippen LogP) is 3.47. The molecule has 1 N–H and O–H groups in total. The lowest BCUT2D eigenvalue weighted by Gasteiger charge is -2.28. The Morgan fingerprint density at radius 2 is 1.81 bits per heavy atom. The van der Waals surface area contributed by atoms with Crippen LogP contribution in [0.1, 0.15) is 40.4 Å². The number of rotatable bonds is 6. The third-order valence-electron chi connectivity index (χ3n) is 4.84. The number of likely N-dealkylation sites (tertiary alicyclic amines) is 1. The minimum atomic E-state index is -0.521. The van der Waals surface area contributed by atoms with Gasteiger partial charge in [0.2, 0.25) is 0 Å². The smallest absolute Gasteiger partial charge is 0.282 e. The molecule has 6 nitrogen and oxygen atoms in total. The standard InChI is InChI=1S/C20H23N3O3/c1-15-8-10-16(11-9-15)19(22-12-4-5-13-22)14-21-20(24)17-6-2-3-7-18(17)23(25)26/h2-3,6-11,19H,4-5,12-14H2,1H3,(H,21,24). The first kappa shape index (κ1) is 18.1. The molecule has 3 rings (SSSR count). The maximum atomic E-state index is 12.5. The number of nitro benzene ring substituents is 1. The van der Waals surface area contributed by atoms with Crippen molar-refractivity contribution >= 4 is 11.6 Å². The topological polar surface area (TPSA) is 75.5 Å². The summed E-state index contributed by atoms with van der Waals surface area (Å²) >= 11 is 0. The fourth-order valence-corrected chi connectivity index (χ4v) is 3.41. The van der Waals surface area contributed by atoms with Gasteiger partial charge in [-0.25, -0.2) is 0 Å². The second-order valence-electron chi connectivity index (χ2n) is 6.65. The van der Waals surface area contributed by atoms with Crippen molar-refractivity contribution < 1.29 is 9.72 Å². The third kappa shape index (κ3) is 4.08. The van der Waals surface area contributed by atoms with Crippen molar-refractivity contribution in [2.24, 2.45) is 0 Å². The SMILES string of the molecule is Cc1ccc(C(CNC(=O)c2ccccc2[N+](=O)[O-])N2CCCC2)cc1. The lowest BCUT2D eigenvalue weighted by Crippen LogP contribution is -2.37. The Hall–Kier alpha value is -2.73. The maximum absolute atomic E-state index is 12.5. The summed E-state index contributed by atoms with van der Waals surface area (Å²) in [6.07, 6.45) is 2.31. The Morgan fingerprint density at radius 3 is 2.46 bits per heavy atom. The van der Waals surface area contributed by atoms with Crippen LogP contribution in [0.25, 0.3) is 0 Å². The molecule has 1 heterocycles. The van der Waals surface area contributed by atoms with Gasteiger partial charge in [-0.3, -0.25) is 19.8 Å². The van der Waals surface area contributed by atoms with Crippen molar-refractivity contribution in [3.63, 3.8) is 0 Å². The summed E-state index contributed by atoms with van der Waals surface area (Å²) in [5, 5.41) is 14.0. The molecule has 1 fully saturated rings. The van der Waals surface area contributed by atoms with Gasteiger partial charge in [-0.05, 0) is 44.5 Å². The average Bonchev–Trinajstić information content (AvgIpc) is 3.17. The van der Waals surface area contributed by atoms with Crippen LogP contribution in [0.2, 0.25) is 0 Å². The summed E-state index contributed by atoms with van der Waals surface area (Å²) in [5.41, 5.74) is 2.28. The molecule has 136 valence electrons. The van der Waals surface area contributed by atoms with Crippen LogP contribution in [0.3, 0.4) is 0 Å². The van der Waals surface area contributed by atoms with Crippen LogP contribution >= 0.6 is 0 Å². The zero-order valence-electron chi connectivity index (χ0n) is 14.9. The molecule has 26 heavy (non-hydrogen) atoms. The van der Waals surface area contributed by atoms with Gasteiger partial charge < -0.3 is 5.32 Å². The number of carbonyl (C=O) groups is 1. The molecule has 0 saturated carbocycles. The molecule has 2 aromatic rings. The Balaban J connectivity index is 1.76. The number of amides is 1. The van der Waals surface area contributed by atoms with E-state index in [1.165, 1.54) is 17.7 Å². The van der Waals surface area contributed by atoms with Crippen molar-refractivity contribution in [1.82, 2.24) is 10.2 Å². The largest absolute Gasteiger partial charge is 0.350 e. The van der Waals surface area contributed by atoms with E-state index in [-0.39, 0.29) is 17.3 Å². The van der Waals surface area contributed by atoms with Crippen LogP contribution in [0, 0.1) is 17.0 Å². The molecule has 1 saturated heterocycles. The van der Waals surface area contributed by atoms with Gasteiger partial charge in [0.05, 0.1) is 11.0 Å². The highest BCUT2D eigenvalue weighted by atomic mass is 16.6. The van der Waals surface area contributed by atoms with Crippen molar-refractivity contribution in [1.29, 1.82) is 0 Å². The van der Waals surface area contributed by atoms with Gasteiger partial charge in [0, 0.05) is 12.6 Å². The van der Waals surface area contributed by atoms with E-state index in [2.05, 4.69) is 34.5 Å². The summed E-state index contributed by atoms with van der Waals surface area (Å²) in [6, 6.07) is 14.4. The van der Waals surface area contributed by atoms with Crippen LogP contribution in [0.15, 0.2) is 48.5 Å². The zero-order valence-corrected chi connectivity index (χ0v) is 14.9. The number of nitro groups is 1. The Bertz CT molecular complexity index is 783. The predicted molar refractivity (Wildman–Crippen MR) is 100 cm³/mol. The van der Waals surface area contributed by atoms with Gasteiger partial charge in [-0.15, -0.1) is 0 Å². The highest BCUT2D eigenvalue weighted by Gasteiger charge is 2.25. The second kappa shape index (κ2) is 8.10. The maximum Gasteiger partial charge on any atom is 0.282 e. The number of para-hydroxylation sites is 1. The van der Waals surface area contributed by atoms with E-state index in [4.69, 9.17) is 0 Å². The van der Waals surface area contributed by atoms with E-state index in [1.54, 1.807) is 12.1 Å². The molecule has 0 spiro atoms. The number of nitrogens with one attached hydrogen (secondary N) is 1. The molecule has 1 aliphatic rings. The van der Waals surface area contributed by atoms with E-state index in [0.717, 1.165) is 31.5 Å². The molecule has 0 aromatic heterocycles. The summed E-state index contributed by atoms with van der Waals surface area (Å²) in [7, 11) is 0. The number of hydrogen-bond donors (Lipinski definition) is 1. The molecule has 1 amide bonds. The fourth-order valence-electron chi connectivity index (χ4n) is 3.41. The molecular formula is C20H23N3O3. The average molecular weight is 353 g/mol. The molecular weight excluding hydrogens is 330 g/mol. The molecule has 1 aliphatic heterocycles. The number of carbonyl (C=O) groups excluding carboxylic acids is 1. The number of hydrogen-bond acceptors (Lipinski definition) is 4. The van der Waals surface area contributed by atoms with Crippen LogP contribution in [0.5, 0.6) is 0 Å². The van der Waals surface area contributed by atoms with Crippen LogP contribution in [-0.4, -0.2) is 35.4 Å². The lowest BCUT2D eigenvalue weighted by molar-refractivity contribution is -0.385. The van der Waals surface area contributed by atoms with Gasteiger partial charge >= 0.3 is 0 Å². The minimum Gasteiger partial charge on any atom is -0.350 e. The van der Waals surface area contributed by atoms with Gasteiger partial charge in [-0.1, -0.05) is 42.0 Å². The lowest BCUT2D eigenvalue weighted by atomic mass is 10.0. The highest BCUT2D eigenvalue weighted by Crippen LogP contribution is 2.25. The first-order chi connectivity index (χ1) is 12.6. The molecule has 0 aliphatic carbocycles. The zero-order chi connectivity index (χ0) is 18.5. The molecule has 6 heteroatoms. The third-order valence-corrected chi connectivity index (χ3v) is 4.84. The molecule has 0 bridgehead atoms. The quantitative estimate of drug-likeness (QED) is 0.637. The van der Waals surface area contributed by atoms with Crippen molar-refractivity contribution in [3.8, 4) is 0 Å². The van der Waals surface area contributed by atoms with E-state index >= 15 is 0 Å². The summed E-state index contributed by atoms with van der Waals surface area (Å²) in [6.45, 7) is 4.47. The number of aryl methyl sites for hydroxylation is 1. The molecule has 1 unspecified atom stereocenters. The van der Waals surface area contributed by atoms with Crippen molar-refractivity contribution in [2.45, 2.75) is 25.8 Å². The van der Waals surface area contributed by atoms with Gasteiger partial charge in [0.1, 0.15) is 5.56 Å². The summed E-state index contributed by atoms with van der Waals surface area (Å²) in [4.78, 5) is 25.5. The van der Waals surface area contributed by atoms with Crippen molar-refractivity contribution in [3.05, 3.63) is 75.3 Å². The van der Waals surface area contributed by atoms with Crippen LogP contribution < -0.4 is 5.32 Å². The molecule has 2 aromatic carbocycles. The van der Waals surface area contributed by atoms with Gasteiger partial charge in [0.25, 0.3) is 11.6 Å². The van der Waals surface area contributed by atoms with E-state index in [0.29, 0.717) is 6.54 Å². The fraction of sp³-hybridized carbons (Fsp3) is 0.350. The van der Waals surface area contributed by atoms with Crippen LogP contribution in [0.4, 0.5) is 5.69 Å². The van der Waals surface area contributed by atoms with E-state index < -0.39 is 10.8 Å². The van der Waals surface area contributed by atoms with Gasteiger partial charge in [-0.2, -0.15) is 0 Å². The second-order valence-corrected chi connectivity index (χ2v) is 6.65. The monoisotopic (exact) mass is 353 g/mol. The first-order valence-corrected chi connectivity index (χ1v) is 8.88. The first-order valence-electron chi connectivity index (χ1n) is 8.88. The molecule has 0 radical (unpaired) electrons. The Labute approximate surface area is 153 Å². The minimum absolute atomic E-state index is 0.0739. The normalized spacial score (nSPS) is 15.6. The number of benzene rings is 2. The van der Waals surface area contributed by atoms with Crippen LogP contribution in [-0.2, 0) is 0 Å². The van der Waals surface area contributed by atoms with Crippen molar-refractivity contribution in [2.75, 3.05) is 19.6 Å². The Kier molecular flexibility index (Phi) is 5.63. The van der Waals surface area contributed by atoms with E-state index in [1.807, 2.05) is 6.92 Å². The highest BCUT2D eigenvalue weighted by molar-refractivity contribution is 5.98.